The van der Waals surface area contributed by atoms with Crippen LogP contribution in [0.4, 0.5) is 0 Å². The van der Waals surface area contributed by atoms with E-state index in [1.165, 1.54) is 12.1 Å². The van der Waals surface area contributed by atoms with Crippen LogP contribution in [0.5, 0.6) is 11.5 Å². The molecule has 0 aliphatic heterocycles. The molecule has 0 bridgehead atoms. The number of nitrogens with one attached hydrogen (secondary N) is 1. The molecule has 16 heavy (non-hydrogen) atoms. The van der Waals surface area contributed by atoms with Gasteiger partial charge in [-0.2, -0.15) is 8.42 Å². The first-order valence-corrected chi connectivity index (χ1v) is 6.52. The Hall–Kier alpha value is -1.34. The van der Waals surface area contributed by atoms with Crippen LogP contribution in [0, 0.1) is 0 Å². The summed E-state index contributed by atoms with van der Waals surface area (Å²) in [5.41, 5.74) is 0. The predicted molar refractivity (Wildman–Crippen MR) is 64.2 cm³/mol. The van der Waals surface area contributed by atoms with Crippen LogP contribution in [-0.2, 0) is 10.1 Å². The van der Waals surface area contributed by atoms with Gasteiger partial charge in [0.15, 0.2) is 0 Å². The van der Waals surface area contributed by atoms with Gasteiger partial charge in [0.25, 0.3) is 5.17 Å². The van der Waals surface area contributed by atoms with Crippen LogP contribution in [0.15, 0.2) is 24.3 Å². The summed E-state index contributed by atoms with van der Waals surface area (Å²) >= 11 is 4.80. The van der Waals surface area contributed by atoms with E-state index >= 15 is 0 Å². The van der Waals surface area contributed by atoms with Crippen molar-refractivity contribution >= 4 is 27.5 Å². The van der Waals surface area contributed by atoms with Crippen molar-refractivity contribution < 1.29 is 17.3 Å². The van der Waals surface area contributed by atoms with Gasteiger partial charge in [-0.05, 0) is 36.5 Å². The third-order valence-electron chi connectivity index (χ3n) is 1.49. The van der Waals surface area contributed by atoms with Crippen molar-refractivity contribution in [3.63, 3.8) is 0 Å². The van der Waals surface area contributed by atoms with Gasteiger partial charge in [-0.15, -0.1) is 0 Å². The summed E-state index contributed by atoms with van der Waals surface area (Å²) in [7, 11) is -1.85. The molecule has 0 heterocycles. The minimum atomic E-state index is -3.50. The number of benzene rings is 1. The summed E-state index contributed by atoms with van der Waals surface area (Å²) in [4.78, 5) is 0. The molecule has 0 aromatic heterocycles. The first-order chi connectivity index (χ1) is 7.40. The molecule has 1 N–H and O–H groups in total. The Kier molecular flexibility index (Phi) is 4.08. The summed E-state index contributed by atoms with van der Waals surface area (Å²) in [5.74, 6) is 0.727. The summed E-state index contributed by atoms with van der Waals surface area (Å²) in [5, 5.41) is 2.88. The van der Waals surface area contributed by atoms with Gasteiger partial charge in [-0.3, -0.25) is 0 Å². The lowest BCUT2D eigenvalue weighted by Crippen LogP contribution is -2.21. The van der Waals surface area contributed by atoms with Crippen molar-refractivity contribution in [3.8, 4) is 11.5 Å². The van der Waals surface area contributed by atoms with Gasteiger partial charge >= 0.3 is 10.1 Å². The number of hydrogen-bond acceptors (Lipinski definition) is 5. The average Bonchev–Trinajstić information content (AvgIpc) is 2.18. The Morgan fingerprint density at radius 1 is 1.25 bits per heavy atom. The molecule has 1 rings (SSSR count). The maximum atomic E-state index is 10.8. The van der Waals surface area contributed by atoms with E-state index in [4.69, 9.17) is 17.0 Å². The van der Waals surface area contributed by atoms with Crippen molar-refractivity contribution in [1.29, 1.82) is 0 Å². The summed E-state index contributed by atoms with van der Waals surface area (Å²) in [6, 6.07) is 6.08. The first-order valence-electron chi connectivity index (χ1n) is 4.30. The van der Waals surface area contributed by atoms with E-state index in [2.05, 4.69) is 9.50 Å². The molecule has 0 radical (unpaired) electrons. The quantitative estimate of drug-likeness (QED) is 0.644. The second-order valence-corrected chi connectivity index (χ2v) is 4.84. The predicted octanol–water partition coefficient (Wildman–Crippen LogP) is 0.908. The lowest BCUT2D eigenvalue weighted by Gasteiger charge is -2.06. The molecule has 0 fully saturated rings. The second kappa shape index (κ2) is 5.13. The summed E-state index contributed by atoms with van der Waals surface area (Å²) in [6.07, 6.45) is 0.980. The van der Waals surface area contributed by atoms with Gasteiger partial charge in [0.2, 0.25) is 0 Å². The Balaban J connectivity index is 2.72. The van der Waals surface area contributed by atoms with Gasteiger partial charge < -0.3 is 14.2 Å². The Morgan fingerprint density at radius 2 is 1.75 bits per heavy atom. The van der Waals surface area contributed by atoms with Crippen LogP contribution >= 0.6 is 12.2 Å². The zero-order chi connectivity index (χ0) is 12.2. The van der Waals surface area contributed by atoms with Gasteiger partial charge in [-0.1, -0.05) is 0 Å². The van der Waals surface area contributed by atoms with Crippen LogP contribution < -0.4 is 14.2 Å². The third kappa shape index (κ3) is 4.45. The number of hydrogen-bond donors (Lipinski definition) is 1. The van der Waals surface area contributed by atoms with Crippen molar-refractivity contribution in [3.05, 3.63) is 24.3 Å². The van der Waals surface area contributed by atoms with Crippen LogP contribution in [0.2, 0.25) is 0 Å². The normalized spacial score (nSPS) is 10.6. The Bertz CT molecular complexity index is 467. The van der Waals surface area contributed by atoms with Gasteiger partial charge in [0.1, 0.15) is 11.5 Å². The highest BCUT2D eigenvalue weighted by Gasteiger charge is 2.04. The molecular formula is C9H11NO4S2. The monoisotopic (exact) mass is 261 g/mol. The van der Waals surface area contributed by atoms with E-state index in [1.807, 2.05) is 0 Å². The smallest absolute Gasteiger partial charge is 0.306 e. The molecular weight excluding hydrogens is 250 g/mol. The van der Waals surface area contributed by atoms with E-state index in [9.17, 15) is 8.42 Å². The lowest BCUT2D eigenvalue weighted by molar-refractivity contribution is 0.491. The van der Waals surface area contributed by atoms with Crippen LogP contribution in [-0.4, -0.2) is 26.9 Å². The number of ether oxygens (including phenoxy) is 1. The van der Waals surface area contributed by atoms with Crippen molar-refractivity contribution in [2.24, 2.45) is 0 Å². The molecule has 1 aromatic carbocycles. The van der Waals surface area contributed by atoms with Gasteiger partial charge in [0.05, 0.1) is 6.26 Å². The minimum absolute atomic E-state index is 0.227. The number of rotatable bonds is 3. The minimum Gasteiger partial charge on any atom is -0.432 e. The largest absolute Gasteiger partial charge is 0.432 e. The fourth-order valence-electron chi connectivity index (χ4n) is 0.896. The van der Waals surface area contributed by atoms with Crippen LogP contribution in [0.3, 0.4) is 0 Å². The molecule has 0 unspecified atom stereocenters. The second-order valence-electron chi connectivity index (χ2n) is 2.90. The van der Waals surface area contributed by atoms with Crippen LogP contribution in [0.25, 0.3) is 0 Å². The Morgan fingerprint density at radius 3 is 2.19 bits per heavy atom. The van der Waals surface area contributed by atoms with E-state index in [0.29, 0.717) is 5.75 Å². The molecule has 5 nitrogen and oxygen atoms in total. The molecule has 0 aliphatic carbocycles. The molecule has 88 valence electrons. The standard InChI is InChI=1S/C9H11NO4S2/c1-10-9(15)13-7-3-5-8(6-4-7)14-16(2,11)12/h3-6H,1-2H3,(H,10,15). The highest BCUT2D eigenvalue weighted by atomic mass is 32.2. The summed E-state index contributed by atoms with van der Waals surface area (Å²) in [6.45, 7) is 0. The maximum Gasteiger partial charge on any atom is 0.306 e. The molecule has 0 spiro atoms. The molecule has 7 heteroatoms. The van der Waals surface area contributed by atoms with E-state index < -0.39 is 10.1 Å². The zero-order valence-corrected chi connectivity index (χ0v) is 10.4. The molecule has 0 saturated heterocycles. The van der Waals surface area contributed by atoms with E-state index in [1.54, 1.807) is 19.2 Å². The zero-order valence-electron chi connectivity index (χ0n) is 8.76. The Labute approximate surface area is 99.5 Å². The van der Waals surface area contributed by atoms with Gasteiger partial charge in [0, 0.05) is 7.05 Å². The highest BCUT2D eigenvalue weighted by molar-refractivity contribution is 7.86. The van der Waals surface area contributed by atoms with Crippen LogP contribution in [0.1, 0.15) is 0 Å². The fraction of sp³-hybridized carbons (Fsp3) is 0.222. The molecule has 0 amide bonds. The lowest BCUT2D eigenvalue weighted by atomic mass is 10.3. The highest BCUT2D eigenvalue weighted by Crippen LogP contribution is 2.18. The van der Waals surface area contributed by atoms with Crippen molar-refractivity contribution in [1.82, 2.24) is 5.32 Å². The molecule has 1 aromatic rings. The van der Waals surface area contributed by atoms with E-state index in [0.717, 1.165) is 6.26 Å². The maximum absolute atomic E-state index is 10.8. The van der Waals surface area contributed by atoms with Crippen molar-refractivity contribution in [2.75, 3.05) is 13.3 Å². The van der Waals surface area contributed by atoms with Crippen molar-refractivity contribution in [2.45, 2.75) is 0 Å². The molecule has 0 atom stereocenters. The SMILES string of the molecule is CNC(=S)Oc1ccc(OS(C)(=O)=O)cc1. The topological polar surface area (TPSA) is 64.6 Å². The number of thiocarbonyl (C=S) groups is 1. The summed E-state index contributed by atoms with van der Waals surface area (Å²) < 4.78 is 31.5. The van der Waals surface area contributed by atoms with Gasteiger partial charge in [-0.25, -0.2) is 0 Å². The average molecular weight is 261 g/mol. The molecule has 0 aliphatic rings. The van der Waals surface area contributed by atoms with E-state index in [-0.39, 0.29) is 10.9 Å². The first kappa shape index (κ1) is 12.7. The molecule has 0 saturated carbocycles. The fourth-order valence-corrected chi connectivity index (χ4v) is 1.45. The third-order valence-corrected chi connectivity index (χ3v) is 2.27.